The fourth-order valence-corrected chi connectivity index (χ4v) is 5.78. The lowest BCUT2D eigenvalue weighted by Gasteiger charge is -2.18. The molecule has 2 heterocycles. The third kappa shape index (κ3) is 2.97. The van der Waals surface area contributed by atoms with Crippen molar-refractivity contribution in [2.75, 3.05) is 17.3 Å². The molecule has 0 spiro atoms. The van der Waals surface area contributed by atoms with Gasteiger partial charge in [0.15, 0.2) is 0 Å². The zero-order chi connectivity index (χ0) is 13.1. The van der Waals surface area contributed by atoms with E-state index in [1.807, 2.05) is 47.8 Å². The number of aromatic nitrogens is 1. The van der Waals surface area contributed by atoms with Crippen molar-refractivity contribution in [2.24, 2.45) is 0 Å². The molecule has 0 saturated carbocycles. The Hall–Kier alpha value is -0.960. The third-order valence-electron chi connectivity index (χ3n) is 2.90. The lowest BCUT2D eigenvalue weighted by Crippen LogP contribution is -2.06. The normalized spacial score (nSPS) is 19.0. The molecule has 1 aliphatic heterocycles. The molecule has 0 amide bonds. The molecule has 1 fully saturated rings. The summed E-state index contributed by atoms with van der Waals surface area (Å²) < 4.78 is 0. The number of benzene rings is 1. The smallest absolute Gasteiger partial charge is 0.107 e. The Morgan fingerprint density at radius 3 is 3.05 bits per heavy atom. The van der Waals surface area contributed by atoms with Crippen molar-refractivity contribution >= 4 is 34.9 Å². The van der Waals surface area contributed by atoms with E-state index in [0.717, 1.165) is 17.0 Å². The highest BCUT2D eigenvalue weighted by Gasteiger charge is 2.19. The molecule has 5 heteroatoms. The predicted octanol–water partition coefficient (Wildman–Crippen LogP) is 4.20. The number of thioether (sulfide) groups is 2. The topological polar surface area (TPSA) is 36.7 Å². The van der Waals surface area contributed by atoms with Crippen LogP contribution < -0.4 is 0 Å². The first-order valence-electron chi connectivity index (χ1n) is 6.02. The molecule has 1 aromatic heterocycles. The Bertz CT molecular complexity index is 609. The molecule has 2 aromatic rings. The summed E-state index contributed by atoms with van der Waals surface area (Å²) in [5.74, 6) is 3.63. The molecule has 0 N–H and O–H groups in total. The van der Waals surface area contributed by atoms with E-state index in [4.69, 9.17) is 10.2 Å². The number of thiazole rings is 1. The van der Waals surface area contributed by atoms with Gasteiger partial charge in [0, 0.05) is 28.2 Å². The third-order valence-corrected chi connectivity index (χ3v) is 6.77. The maximum atomic E-state index is 8.94. The van der Waals surface area contributed by atoms with Crippen LogP contribution in [0, 0.1) is 11.3 Å². The van der Waals surface area contributed by atoms with Crippen LogP contribution in [0.25, 0.3) is 11.3 Å². The molecule has 1 aromatic carbocycles. The van der Waals surface area contributed by atoms with E-state index in [1.165, 1.54) is 16.5 Å². The quantitative estimate of drug-likeness (QED) is 0.833. The summed E-state index contributed by atoms with van der Waals surface area (Å²) in [7, 11) is 0. The van der Waals surface area contributed by atoms with Crippen LogP contribution in [0.15, 0.2) is 29.6 Å². The second-order valence-electron chi connectivity index (χ2n) is 4.20. The Morgan fingerprint density at radius 2 is 2.26 bits per heavy atom. The highest BCUT2D eigenvalue weighted by Crippen LogP contribution is 2.39. The largest absolute Gasteiger partial charge is 0.240 e. The molecule has 1 atom stereocenters. The average Bonchev–Trinajstić information content (AvgIpc) is 2.98. The number of hydrogen-bond acceptors (Lipinski definition) is 5. The fourth-order valence-electron chi connectivity index (χ4n) is 1.95. The Balaban J connectivity index is 1.86. The molecule has 0 radical (unpaired) electrons. The van der Waals surface area contributed by atoms with Crippen LogP contribution in [0.1, 0.15) is 15.8 Å². The van der Waals surface area contributed by atoms with Crippen molar-refractivity contribution in [3.05, 3.63) is 40.2 Å². The zero-order valence-corrected chi connectivity index (χ0v) is 12.7. The molecular weight excluding hydrogens is 292 g/mol. The highest BCUT2D eigenvalue weighted by atomic mass is 32.2. The molecule has 19 heavy (non-hydrogen) atoms. The Morgan fingerprint density at radius 1 is 1.32 bits per heavy atom. The lowest BCUT2D eigenvalue weighted by atomic mass is 10.1. The van der Waals surface area contributed by atoms with Gasteiger partial charge in [0.1, 0.15) is 5.01 Å². The molecule has 0 aliphatic carbocycles. The van der Waals surface area contributed by atoms with Crippen LogP contribution in [0.5, 0.6) is 0 Å². The van der Waals surface area contributed by atoms with E-state index >= 15 is 0 Å². The van der Waals surface area contributed by atoms with Crippen LogP contribution in [0.3, 0.4) is 0 Å². The van der Waals surface area contributed by atoms with Crippen molar-refractivity contribution in [2.45, 2.75) is 5.25 Å². The van der Waals surface area contributed by atoms with E-state index in [9.17, 15) is 0 Å². The van der Waals surface area contributed by atoms with Gasteiger partial charge in [-0.1, -0.05) is 12.1 Å². The van der Waals surface area contributed by atoms with Gasteiger partial charge < -0.3 is 0 Å². The summed E-state index contributed by atoms with van der Waals surface area (Å²) in [5.41, 5.74) is 2.72. The standard InChI is InChI=1S/C14H12N2S3/c15-7-10-2-1-3-11(6-10)12-8-19-14(16-12)13-9-17-4-5-18-13/h1-3,6,8,13H,4-5,9H2. The van der Waals surface area contributed by atoms with Crippen LogP contribution in [-0.4, -0.2) is 22.2 Å². The van der Waals surface area contributed by atoms with Gasteiger partial charge in [-0.05, 0) is 12.1 Å². The van der Waals surface area contributed by atoms with E-state index in [0.29, 0.717) is 10.8 Å². The number of nitriles is 1. The number of hydrogen-bond donors (Lipinski definition) is 0. The minimum absolute atomic E-state index is 0.539. The lowest BCUT2D eigenvalue weighted by molar-refractivity contribution is 1.07. The average molecular weight is 304 g/mol. The van der Waals surface area contributed by atoms with Crippen molar-refractivity contribution in [1.82, 2.24) is 4.98 Å². The maximum Gasteiger partial charge on any atom is 0.107 e. The summed E-state index contributed by atoms with van der Waals surface area (Å²) in [6.45, 7) is 0. The van der Waals surface area contributed by atoms with Crippen LogP contribution in [-0.2, 0) is 0 Å². The second-order valence-corrected chi connectivity index (χ2v) is 7.55. The highest BCUT2D eigenvalue weighted by molar-refractivity contribution is 8.06. The SMILES string of the molecule is N#Cc1cccc(-c2csc(C3CSCCS3)n2)c1. The number of rotatable bonds is 2. The van der Waals surface area contributed by atoms with Gasteiger partial charge >= 0.3 is 0 Å². The Kier molecular flexibility index (Phi) is 4.12. The molecule has 1 unspecified atom stereocenters. The maximum absolute atomic E-state index is 8.94. The van der Waals surface area contributed by atoms with Gasteiger partial charge in [-0.25, -0.2) is 4.98 Å². The summed E-state index contributed by atoms with van der Waals surface area (Å²) in [6.07, 6.45) is 0. The Labute approximate surface area is 125 Å². The van der Waals surface area contributed by atoms with E-state index in [1.54, 1.807) is 11.3 Å². The van der Waals surface area contributed by atoms with Gasteiger partial charge in [-0.2, -0.15) is 17.0 Å². The van der Waals surface area contributed by atoms with Crippen LogP contribution in [0.4, 0.5) is 0 Å². The summed E-state index contributed by atoms with van der Waals surface area (Å²) in [4.78, 5) is 4.75. The second kappa shape index (κ2) is 6.00. The van der Waals surface area contributed by atoms with Crippen LogP contribution in [0.2, 0.25) is 0 Å². The van der Waals surface area contributed by atoms with E-state index < -0.39 is 0 Å². The van der Waals surface area contributed by atoms with Gasteiger partial charge in [-0.3, -0.25) is 0 Å². The monoisotopic (exact) mass is 304 g/mol. The minimum atomic E-state index is 0.539. The molecule has 0 bridgehead atoms. The van der Waals surface area contributed by atoms with E-state index in [2.05, 4.69) is 11.4 Å². The fraction of sp³-hybridized carbons (Fsp3) is 0.286. The van der Waals surface area contributed by atoms with Crippen molar-refractivity contribution < 1.29 is 0 Å². The minimum Gasteiger partial charge on any atom is -0.240 e. The molecule has 1 aliphatic rings. The van der Waals surface area contributed by atoms with Crippen molar-refractivity contribution in [3.63, 3.8) is 0 Å². The molecule has 2 nitrogen and oxygen atoms in total. The molecule has 3 rings (SSSR count). The number of nitrogens with zero attached hydrogens (tertiary/aromatic N) is 2. The summed E-state index contributed by atoms with van der Waals surface area (Å²) >= 11 is 5.76. The van der Waals surface area contributed by atoms with Gasteiger partial charge in [0.05, 0.1) is 22.6 Å². The van der Waals surface area contributed by atoms with Gasteiger partial charge in [0.25, 0.3) is 0 Å². The first-order chi connectivity index (χ1) is 9.36. The molecule has 1 saturated heterocycles. The van der Waals surface area contributed by atoms with Crippen molar-refractivity contribution in [3.8, 4) is 17.3 Å². The predicted molar refractivity (Wildman–Crippen MR) is 84.8 cm³/mol. The van der Waals surface area contributed by atoms with Gasteiger partial charge in [-0.15, -0.1) is 23.1 Å². The van der Waals surface area contributed by atoms with E-state index in [-0.39, 0.29) is 0 Å². The van der Waals surface area contributed by atoms with Gasteiger partial charge in [0.2, 0.25) is 0 Å². The molecular formula is C14H12N2S3. The van der Waals surface area contributed by atoms with Crippen LogP contribution >= 0.6 is 34.9 Å². The first-order valence-corrected chi connectivity index (χ1v) is 9.10. The summed E-state index contributed by atoms with van der Waals surface area (Å²) in [6, 6.07) is 9.83. The zero-order valence-electron chi connectivity index (χ0n) is 10.2. The first kappa shape index (κ1) is 13.0. The summed E-state index contributed by atoms with van der Waals surface area (Å²) in [5, 5.41) is 12.8. The molecule has 96 valence electrons. The van der Waals surface area contributed by atoms with Crippen molar-refractivity contribution in [1.29, 1.82) is 5.26 Å².